The van der Waals surface area contributed by atoms with Crippen LogP contribution >= 0.6 is 11.8 Å². The van der Waals surface area contributed by atoms with Crippen molar-refractivity contribution >= 4 is 29.0 Å². The average Bonchev–Trinajstić information content (AvgIpc) is 2.41. The van der Waals surface area contributed by atoms with E-state index in [0.29, 0.717) is 11.4 Å². The van der Waals surface area contributed by atoms with Gasteiger partial charge >= 0.3 is 0 Å². The number of carbonyl (C=O) groups excluding carboxylic acids is 1. The summed E-state index contributed by atoms with van der Waals surface area (Å²) in [6.45, 7) is 1.90. The predicted octanol–water partition coefficient (Wildman–Crippen LogP) is 3.59. The third-order valence-corrected chi connectivity index (χ3v) is 3.78. The van der Waals surface area contributed by atoms with E-state index in [1.165, 1.54) is 6.07 Å². The molecule has 0 saturated heterocycles. The lowest BCUT2D eigenvalue weighted by Gasteiger charge is -2.09. The van der Waals surface area contributed by atoms with Crippen LogP contribution in [-0.4, -0.2) is 11.7 Å². The van der Waals surface area contributed by atoms with Crippen LogP contribution < -0.4 is 11.1 Å². The van der Waals surface area contributed by atoms with Gasteiger partial charge in [0.1, 0.15) is 11.6 Å². The van der Waals surface area contributed by atoms with Gasteiger partial charge in [-0.25, -0.2) is 8.78 Å². The van der Waals surface area contributed by atoms with E-state index in [1.807, 2.05) is 13.0 Å². The maximum atomic E-state index is 13.4. The highest BCUT2D eigenvalue weighted by Gasteiger charge is 2.09. The zero-order valence-corrected chi connectivity index (χ0v) is 12.1. The second-order valence-corrected chi connectivity index (χ2v) is 5.52. The van der Waals surface area contributed by atoms with Crippen LogP contribution in [0.25, 0.3) is 0 Å². The lowest BCUT2D eigenvalue weighted by Crippen LogP contribution is -2.15. The maximum Gasteiger partial charge on any atom is 0.234 e. The third-order valence-electron chi connectivity index (χ3n) is 2.73. The van der Waals surface area contributed by atoms with Gasteiger partial charge in [-0.2, -0.15) is 0 Å². The van der Waals surface area contributed by atoms with Gasteiger partial charge in [-0.15, -0.1) is 11.8 Å². The number of amides is 1. The predicted molar refractivity (Wildman–Crippen MR) is 81.3 cm³/mol. The topological polar surface area (TPSA) is 55.1 Å². The molecule has 0 heterocycles. The van der Waals surface area contributed by atoms with Crippen molar-refractivity contribution in [3.63, 3.8) is 0 Å². The molecule has 0 fully saturated rings. The zero-order valence-electron chi connectivity index (χ0n) is 11.3. The molecular formula is C15H14F2N2OS. The van der Waals surface area contributed by atoms with E-state index < -0.39 is 11.6 Å². The summed E-state index contributed by atoms with van der Waals surface area (Å²) in [5.74, 6) is -1.62. The number of hydrogen-bond acceptors (Lipinski definition) is 3. The smallest absolute Gasteiger partial charge is 0.234 e. The third kappa shape index (κ3) is 4.19. The number of halogens is 2. The standard InChI is InChI=1S/C15H14F2N2OS/c1-9-2-4-13(12(18)6-9)19-15(20)8-21-14-5-3-10(16)7-11(14)17/h2-7H,8,18H2,1H3,(H,19,20). The summed E-state index contributed by atoms with van der Waals surface area (Å²) in [4.78, 5) is 12.0. The summed E-state index contributed by atoms with van der Waals surface area (Å²) < 4.78 is 26.2. The summed E-state index contributed by atoms with van der Waals surface area (Å²) in [7, 11) is 0. The molecule has 2 aromatic carbocycles. The Hall–Kier alpha value is -2.08. The Morgan fingerprint density at radius 2 is 2.00 bits per heavy atom. The highest BCUT2D eigenvalue weighted by Crippen LogP contribution is 2.24. The zero-order chi connectivity index (χ0) is 15.4. The fourth-order valence-electron chi connectivity index (χ4n) is 1.72. The summed E-state index contributed by atoms with van der Waals surface area (Å²) in [6, 6.07) is 8.55. The number of nitrogens with two attached hydrogens (primary N) is 1. The monoisotopic (exact) mass is 308 g/mol. The van der Waals surface area contributed by atoms with Gasteiger partial charge in [0, 0.05) is 11.0 Å². The highest BCUT2D eigenvalue weighted by molar-refractivity contribution is 8.00. The molecule has 110 valence electrons. The second kappa shape index (κ2) is 6.58. The first-order valence-electron chi connectivity index (χ1n) is 6.19. The van der Waals surface area contributed by atoms with Gasteiger partial charge in [-0.3, -0.25) is 4.79 Å². The lowest BCUT2D eigenvalue weighted by molar-refractivity contribution is -0.113. The number of hydrogen-bond donors (Lipinski definition) is 2. The Morgan fingerprint density at radius 3 is 2.67 bits per heavy atom. The van der Waals surface area contributed by atoms with Crippen LogP contribution in [0.3, 0.4) is 0 Å². The van der Waals surface area contributed by atoms with E-state index in [1.54, 1.807) is 12.1 Å². The van der Waals surface area contributed by atoms with E-state index in [2.05, 4.69) is 5.32 Å². The number of nitrogens with one attached hydrogen (secondary N) is 1. The Kier molecular flexibility index (Phi) is 4.80. The molecule has 0 radical (unpaired) electrons. The molecule has 2 rings (SSSR count). The molecule has 0 aliphatic rings. The Balaban J connectivity index is 1.96. The van der Waals surface area contributed by atoms with Crippen molar-refractivity contribution in [1.29, 1.82) is 0 Å². The van der Waals surface area contributed by atoms with E-state index in [4.69, 9.17) is 5.73 Å². The van der Waals surface area contributed by atoms with Crippen molar-refractivity contribution in [2.75, 3.05) is 16.8 Å². The van der Waals surface area contributed by atoms with E-state index in [0.717, 1.165) is 29.5 Å². The van der Waals surface area contributed by atoms with Crippen LogP contribution in [0, 0.1) is 18.6 Å². The SMILES string of the molecule is Cc1ccc(NC(=O)CSc2ccc(F)cc2F)c(N)c1. The van der Waals surface area contributed by atoms with Crippen LogP contribution in [0.5, 0.6) is 0 Å². The van der Waals surface area contributed by atoms with Crippen LogP contribution in [-0.2, 0) is 4.79 Å². The van der Waals surface area contributed by atoms with Gasteiger partial charge < -0.3 is 11.1 Å². The fourth-order valence-corrected chi connectivity index (χ4v) is 2.44. The molecule has 0 atom stereocenters. The number of thioether (sulfide) groups is 1. The number of anilines is 2. The molecule has 3 nitrogen and oxygen atoms in total. The highest BCUT2D eigenvalue weighted by atomic mass is 32.2. The van der Waals surface area contributed by atoms with Gasteiger partial charge in [-0.05, 0) is 36.8 Å². The minimum Gasteiger partial charge on any atom is -0.397 e. The first kappa shape index (κ1) is 15.3. The average molecular weight is 308 g/mol. The van der Waals surface area contributed by atoms with Gasteiger partial charge in [0.25, 0.3) is 0 Å². The first-order chi connectivity index (χ1) is 9.95. The molecule has 21 heavy (non-hydrogen) atoms. The number of benzene rings is 2. The fraction of sp³-hybridized carbons (Fsp3) is 0.133. The van der Waals surface area contributed by atoms with Crippen LogP contribution in [0.1, 0.15) is 5.56 Å². The minimum absolute atomic E-state index is 0.00979. The van der Waals surface area contributed by atoms with Gasteiger partial charge in [0.2, 0.25) is 5.91 Å². The molecule has 3 N–H and O–H groups in total. The molecule has 0 bridgehead atoms. The lowest BCUT2D eigenvalue weighted by atomic mass is 10.2. The van der Waals surface area contributed by atoms with E-state index >= 15 is 0 Å². The number of nitrogen functional groups attached to an aromatic ring is 1. The summed E-state index contributed by atoms with van der Waals surface area (Å²) in [5, 5.41) is 2.66. The Bertz CT molecular complexity index is 677. The molecule has 0 aliphatic heterocycles. The van der Waals surface area contributed by atoms with Crippen molar-refractivity contribution in [1.82, 2.24) is 0 Å². The molecular weight excluding hydrogens is 294 g/mol. The quantitative estimate of drug-likeness (QED) is 0.670. The van der Waals surface area contributed by atoms with Crippen LogP contribution in [0.15, 0.2) is 41.3 Å². The number of aryl methyl sites for hydroxylation is 1. The van der Waals surface area contributed by atoms with E-state index in [9.17, 15) is 13.6 Å². The van der Waals surface area contributed by atoms with Crippen molar-refractivity contribution < 1.29 is 13.6 Å². The molecule has 0 saturated carbocycles. The number of rotatable bonds is 4. The molecule has 0 unspecified atom stereocenters. The van der Waals surface area contributed by atoms with E-state index in [-0.39, 0.29) is 16.6 Å². The summed E-state index contributed by atoms with van der Waals surface area (Å²) in [5.41, 5.74) is 7.78. The molecule has 1 amide bonds. The summed E-state index contributed by atoms with van der Waals surface area (Å²) >= 11 is 0.998. The Labute approximate surface area is 125 Å². The maximum absolute atomic E-state index is 13.4. The first-order valence-corrected chi connectivity index (χ1v) is 7.18. The molecule has 0 spiro atoms. The number of carbonyl (C=O) groups is 1. The Morgan fingerprint density at radius 1 is 1.24 bits per heavy atom. The van der Waals surface area contributed by atoms with Crippen molar-refractivity contribution in [3.05, 3.63) is 53.6 Å². The van der Waals surface area contributed by atoms with Gasteiger partial charge in [-0.1, -0.05) is 6.07 Å². The molecule has 2 aromatic rings. The largest absolute Gasteiger partial charge is 0.397 e. The van der Waals surface area contributed by atoms with Crippen molar-refractivity contribution in [3.8, 4) is 0 Å². The van der Waals surface area contributed by atoms with Gasteiger partial charge in [0.15, 0.2) is 0 Å². The van der Waals surface area contributed by atoms with Crippen molar-refractivity contribution in [2.45, 2.75) is 11.8 Å². The summed E-state index contributed by atoms with van der Waals surface area (Å²) in [6.07, 6.45) is 0. The molecule has 6 heteroatoms. The van der Waals surface area contributed by atoms with Crippen molar-refractivity contribution in [2.24, 2.45) is 0 Å². The minimum atomic E-state index is -0.678. The van der Waals surface area contributed by atoms with Crippen LogP contribution in [0.4, 0.5) is 20.2 Å². The molecule has 0 aliphatic carbocycles. The second-order valence-electron chi connectivity index (χ2n) is 4.50. The molecule has 0 aromatic heterocycles. The van der Waals surface area contributed by atoms with Crippen LogP contribution in [0.2, 0.25) is 0 Å². The van der Waals surface area contributed by atoms with Gasteiger partial charge in [0.05, 0.1) is 17.1 Å². The normalized spacial score (nSPS) is 10.4.